The number of aryl methyl sites for hydroxylation is 2. The van der Waals surface area contributed by atoms with Crippen LogP contribution >= 0.6 is 28.3 Å². The Morgan fingerprint density at radius 3 is 1.48 bits per heavy atom. The third-order valence-corrected chi connectivity index (χ3v) is 9.82. The van der Waals surface area contributed by atoms with Crippen molar-refractivity contribution in [3.8, 4) is 23.0 Å². The molecule has 2 aliphatic heterocycles. The van der Waals surface area contributed by atoms with Gasteiger partial charge in [-0.2, -0.15) is 0 Å². The molecule has 6 rings (SSSR count). The maximum absolute atomic E-state index is 6.24. The number of alkyl halides is 1. The fourth-order valence-corrected chi connectivity index (χ4v) is 6.42. The normalized spacial score (nSPS) is 16.0. The van der Waals surface area contributed by atoms with Gasteiger partial charge in [0.25, 0.3) is 0 Å². The second-order valence-electron chi connectivity index (χ2n) is 13.6. The largest absolute Gasteiger partial charge is 0.492 e. The van der Waals surface area contributed by atoms with Gasteiger partial charge >= 0.3 is 0 Å². The molecule has 0 aliphatic carbocycles. The summed E-state index contributed by atoms with van der Waals surface area (Å²) < 4.78 is 23.8. The minimum atomic E-state index is -0.0620. The molecule has 4 aromatic carbocycles. The van der Waals surface area contributed by atoms with Crippen LogP contribution in [0.2, 0.25) is 0 Å². The Morgan fingerprint density at radius 1 is 0.596 bits per heavy atom. The van der Waals surface area contributed by atoms with Gasteiger partial charge < -0.3 is 24.3 Å². The van der Waals surface area contributed by atoms with Gasteiger partial charge in [0.2, 0.25) is 0 Å². The Kier molecular flexibility index (Phi) is 19.5. The lowest BCUT2D eigenvalue weighted by Crippen LogP contribution is -2.47. The number of benzene rings is 4. The van der Waals surface area contributed by atoms with Crippen LogP contribution in [0, 0.1) is 0 Å². The monoisotopic (exact) mass is 794 g/mol. The van der Waals surface area contributed by atoms with Crippen molar-refractivity contribution in [2.75, 3.05) is 51.3 Å². The molecule has 284 valence electrons. The molecule has 2 fully saturated rings. The topological polar surface area (TPSA) is 52.2 Å². The summed E-state index contributed by atoms with van der Waals surface area (Å²) in [5.41, 5.74) is 2.52. The van der Waals surface area contributed by atoms with Gasteiger partial charge in [-0.05, 0) is 113 Å². The van der Waals surface area contributed by atoms with E-state index >= 15 is 0 Å². The zero-order valence-corrected chi connectivity index (χ0v) is 34.1. The third kappa shape index (κ3) is 15.0. The van der Waals surface area contributed by atoms with Crippen molar-refractivity contribution >= 4 is 28.3 Å². The molecule has 0 aromatic heterocycles. The quantitative estimate of drug-likeness (QED) is 0.136. The number of likely N-dealkylation sites (tertiary alicyclic amines) is 1. The lowest BCUT2D eigenvalue weighted by molar-refractivity contribution is 0.0135. The fourth-order valence-electron chi connectivity index (χ4n) is 6.26. The number of rotatable bonds is 13. The molecule has 1 N–H and O–H groups in total. The predicted octanol–water partition coefficient (Wildman–Crippen LogP) is 10.2. The van der Waals surface area contributed by atoms with E-state index in [0.29, 0.717) is 0 Å². The summed E-state index contributed by atoms with van der Waals surface area (Å²) in [5, 5.41) is 4.23. The Bertz CT molecular complexity index is 1510. The van der Waals surface area contributed by atoms with E-state index in [2.05, 4.69) is 78.1 Å². The minimum absolute atomic E-state index is 0. The summed E-state index contributed by atoms with van der Waals surface area (Å²) in [5.74, 6) is 3.99. The van der Waals surface area contributed by atoms with E-state index in [1.807, 2.05) is 84.9 Å². The summed E-state index contributed by atoms with van der Waals surface area (Å²) >= 11 is 3.33. The highest BCUT2D eigenvalue weighted by Crippen LogP contribution is 2.29. The van der Waals surface area contributed by atoms with Crippen molar-refractivity contribution in [3.05, 3.63) is 120 Å². The van der Waals surface area contributed by atoms with Crippen molar-refractivity contribution in [2.24, 2.45) is 0 Å². The number of hydrogen-bond donors (Lipinski definition) is 1. The SMILES string of the molecule is CC1(Oc2ccccc2)CCNCC1.CCc1ccccc1OCCBr.CCc1ccccc1OCCN1CCC(C)(Oc2ccccc2)CC1.Cl. The second-order valence-corrected chi connectivity index (χ2v) is 14.4. The minimum Gasteiger partial charge on any atom is -0.492 e. The van der Waals surface area contributed by atoms with Crippen molar-refractivity contribution in [2.45, 2.75) is 77.4 Å². The van der Waals surface area contributed by atoms with E-state index in [-0.39, 0.29) is 23.6 Å². The Hall–Kier alpha value is -3.23. The van der Waals surface area contributed by atoms with Crippen molar-refractivity contribution in [3.63, 3.8) is 0 Å². The molecule has 0 amide bonds. The molecule has 52 heavy (non-hydrogen) atoms. The highest BCUT2D eigenvalue weighted by molar-refractivity contribution is 9.09. The second kappa shape index (κ2) is 23.4. The molecule has 6 nitrogen and oxygen atoms in total. The lowest BCUT2D eigenvalue weighted by Gasteiger charge is -2.39. The fraction of sp³-hybridized carbons (Fsp3) is 0.455. The first-order chi connectivity index (χ1) is 24.8. The summed E-state index contributed by atoms with van der Waals surface area (Å²) in [6.07, 6.45) is 6.30. The first kappa shape index (κ1) is 43.2. The molecule has 2 aliphatic rings. The molecule has 0 unspecified atom stereocenters. The molecule has 2 heterocycles. The van der Waals surface area contributed by atoms with Gasteiger partial charge in [-0.1, -0.05) is 103 Å². The van der Waals surface area contributed by atoms with E-state index in [1.165, 1.54) is 11.1 Å². The molecule has 8 heteroatoms. The summed E-state index contributed by atoms with van der Waals surface area (Å²) in [4.78, 5) is 2.48. The predicted molar refractivity (Wildman–Crippen MR) is 222 cm³/mol. The number of para-hydroxylation sites is 4. The van der Waals surface area contributed by atoms with Crippen LogP contribution in [0.1, 0.15) is 64.5 Å². The van der Waals surface area contributed by atoms with Gasteiger partial charge in [0, 0.05) is 25.0 Å². The zero-order chi connectivity index (χ0) is 36.2. The van der Waals surface area contributed by atoms with Crippen LogP contribution in [0.4, 0.5) is 0 Å². The van der Waals surface area contributed by atoms with Gasteiger partial charge in [0.1, 0.15) is 40.8 Å². The van der Waals surface area contributed by atoms with Gasteiger partial charge in [-0.25, -0.2) is 0 Å². The number of nitrogens with zero attached hydrogens (tertiary/aromatic N) is 1. The summed E-state index contributed by atoms with van der Waals surface area (Å²) in [6, 6.07) is 36.7. The van der Waals surface area contributed by atoms with Crippen LogP contribution in [0.3, 0.4) is 0 Å². The average Bonchev–Trinajstić information content (AvgIpc) is 3.16. The van der Waals surface area contributed by atoms with Crippen molar-refractivity contribution in [1.82, 2.24) is 10.2 Å². The van der Waals surface area contributed by atoms with Crippen molar-refractivity contribution in [1.29, 1.82) is 0 Å². The van der Waals surface area contributed by atoms with Crippen LogP contribution in [0.15, 0.2) is 109 Å². The average molecular weight is 796 g/mol. The molecule has 0 radical (unpaired) electrons. The Labute approximate surface area is 328 Å². The third-order valence-electron chi connectivity index (χ3n) is 9.50. The van der Waals surface area contributed by atoms with Gasteiger partial charge in [0.05, 0.1) is 6.61 Å². The maximum atomic E-state index is 6.24. The number of nitrogens with one attached hydrogen (secondary N) is 1. The standard InChI is InChI=1S/C22H29NO2.C12H17NO.C10H13BrO.ClH/c1-3-19-9-7-8-12-21(19)24-18-17-23-15-13-22(2,14-16-23)25-20-10-5-4-6-11-20;1-12(7-9-13-10-8-12)14-11-5-3-2-4-6-11;1-2-9-5-3-4-6-10(9)12-8-7-11;/h4-12H,3,13-18H2,1-2H3;2-6,13H,7-10H2,1H3;3-6H,2,7-8H2,1H3;1H. The van der Waals surface area contributed by atoms with Gasteiger partial charge in [-0.3, -0.25) is 4.90 Å². The first-order valence-electron chi connectivity index (χ1n) is 18.7. The summed E-state index contributed by atoms with van der Waals surface area (Å²) in [7, 11) is 0. The number of piperidine rings is 2. The number of ether oxygens (including phenoxy) is 4. The van der Waals surface area contributed by atoms with E-state index in [9.17, 15) is 0 Å². The molecule has 4 aromatic rings. The van der Waals surface area contributed by atoms with Crippen LogP contribution in [0.25, 0.3) is 0 Å². The van der Waals surface area contributed by atoms with Crippen LogP contribution in [-0.4, -0.2) is 67.4 Å². The van der Waals surface area contributed by atoms with Gasteiger partial charge in [0.15, 0.2) is 0 Å². The molecular weight excluding hydrogens is 736 g/mol. The molecule has 0 atom stereocenters. The van der Waals surface area contributed by atoms with Gasteiger partial charge in [-0.15, -0.1) is 12.4 Å². The van der Waals surface area contributed by atoms with Crippen LogP contribution in [0.5, 0.6) is 23.0 Å². The lowest BCUT2D eigenvalue weighted by atomic mass is 9.93. The van der Waals surface area contributed by atoms with Crippen molar-refractivity contribution < 1.29 is 18.9 Å². The molecular formula is C44H60BrClN2O4. The molecule has 2 saturated heterocycles. The zero-order valence-electron chi connectivity index (χ0n) is 31.7. The molecule has 0 spiro atoms. The first-order valence-corrected chi connectivity index (χ1v) is 19.9. The highest BCUT2D eigenvalue weighted by Gasteiger charge is 2.32. The van der Waals surface area contributed by atoms with E-state index in [4.69, 9.17) is 18.9 Å². The number of halogens is 2. The molecule has 0 bridgehead atoms. The smallest absolute Gasteiger partial charge is 0.122 e. The Balaban J connectivity index is 0.000000229. The highest BCUT2D eigenvalue weighted by atomic mass is 79.9. The van der Waals surface area contributed by atoms with E-state index in [0.717, 1.165) is 113 Å². The van der Waals surface area contributed by atoms with E-state index in [1.54, 1.807) is 0 Å². The van der Waals surface area contributed by atoms with Crippen LogP contribution in [-0.2, 0) is 12.8 Å². The maximum Gasteiger partial charge on any atom is 0.122 e. The Morgan fingerprint density at radius 2 is 1.02 bits per heavy atom. The van der Waals surface area contributed by atoms with Crippen LogP contribution < -0.4 is 24.3 Å². The van der Waals surface area contributed by atoms with E-state index < -0.39 is 0 Å². The number of hydrogen-bond acceptors (Lipinski definition) is 6. The molecule has 0 saturated carbocycles. The summed E-state index contributed by atoms with van der Waals surface area (Å²) in [6.45, 7) is 15.4.